The van der Waals surface area contributed by atoms with E-state index in [1.807, 2.05) is 6.92 Å². The van der Waals surface area contributed by atoms with Crippen LogP contribution in [0, 0.1) is 5.92 Å². The molecule has 0 aromatic carbocycles. The largest absolute Gasteiger partial charge is 0.391 e. The Morgan fingerprint density at radius 2 is 2.06 bits per heavy atom. The predicted molar refractivity (Wildman–Crippen MR) is 78.8 cm³/mol. The number of thiocarbonyl (C=S) groups is 1. The van der Waals surface area contributed by atoms with E-state index in [4.69, 9.17) is 22.7 Å². The van der Waals surface area contributed by atoms with E-state index in [0.29, 0.717) is 4.99 Å². The first-order valence-corrected chi connectivity index (χ1v) is 7.74. The van der Waals surface area contributed by atoms with Gasteiger partial charge in [-0.2, -0.15) is 0 Å². The van der Waals surface area contributed by atoms with Gasteiger partial charge in [0.05, 0.1) is 6.61 Å². The smallest absolute Gasteiger partial charge is 0.104 e. The minimum absolute atomic E-state index is 0.0908. The van der Waals surface area contributed by atoms with Gasteiger partial charge in [-0.15, -0.1) is 0 Å². The normalized spacial score (nSPS) is 30.7. The quantitative estimate of drug-likeness (QED) is 0.778. The number of likely N-dealkylation sites (tertiary alicyclic amines) is 1. The zero-order valence-corrected chi connectivity index (χ0v) is 12.3. The number of piperidine rings is 1. The molecular weight excluding hydrogens is 244 g/mol. The molecule has 0 aromatic heterocycles. The summed E-state index contributed by atoms with van der Waals surface area (Å²) in [5.41, 5.74) is 5.55. The number of rotatable bonds is 5. The third kappa shape index (κ3) is 3.65. The van der Waals surface area contributed by atoms with Crippen molar-refractivity contribution in [3.05, 3.63) is 0 Å². The van der Waals surface area contributed by atoms with Crippen LogP contribution in [0.15, 0.2) is 0 Å². The molecule has 0 spiro atoms. The van der Waals surface area contributed by atoms with Gasteiger partial charge in [0.1, 0.15) is 11.1 Å². The molecule has 3 unspecified atom stereocenters. The van der Waals surface area contributed by atoms with E-state index in [9.17, 15) is 0 Å². The van der Waals surface area contributed by atoms with Crippen LogP contribution in [0.5, 0.6) is 0 Å². The van der Waals surface area contributed by atoms with E-state index in [2.05, 4.69) is 4.90 Å². The molecule has 1 saturated heterocycles. The van der Waals surface area contributed by atoms with Crippen molar-refractivity contribution >= 4 is 17.2 Å². The lowest BCUT2D eigenvalue weighted by molar-refractivity contribution is 0.0228. The van der Waals surface area contributed by atoms with E-state index in [-0.39, 0.29) is 6.10 Å². The van der Waals surface area contributed by atoms with Crippen molar-refractivity contribution in [2.75, 3.05) is 19.7 Å². The average Bonchev–Trinajstić information content (AvgIpc) is 2.38. The fourth-order valence-corrected chi connectivity index (χ4v) is 3.50. The molecular formula is C14H26N2OS. The molecule has 1 aliphatic carbocycles. The second-order valence-electron chi connectivity index (χ2n) is 5.71. The maximum absolute atomic E-state index is 5.68. The SMILES string of the molecule is CC(OCCN1CCCC2CCCCC21)C(N)=S. The Morgan fingerprint density at radius 1 is 1.33 bits per heavy atom. The molecule has 0 bridgehead atoms. The molecule has 2 N–H and O–H groups in total. The van der Waals surface area contributed by atoms with E-state index < -0.39 is 0 Å². The maximum atomic E-state index is 5.68. The van der Waals surface area contributed by atoms with Crippen LogP contribution in [-0.2, 0) is 4.74 Å². The van der Waals surface area contributed by atoms with Crippen LogP contribution in [-0.4, -0.2) is 41.7 Å². The van der Waals surface area contributed by atoms with Gasteiger partial charge in [0.25, 0.3) is 0 Å². The number of hydrogen-bond acceptors (Lipinski definition) is 3. The molecule has 3 nitrogen and oxygen atoms in total. The summed E-state index contributed by atoms with van der Waals surface area (Å²) >= 11 is 4.92. The second kappa shape index (κ2) is 6.83. The van der Waals surface area contributed by atoms with Crippen LogP contribution in [0.1, 0.15) is 45.4 Å². The van der Waals surface area contributed by atoms with Crippen molar-refractivity contribution in [3.63, 3.8) is 0 Å². The molecule has 2 fully saturated rings. The Morgan fingerprint density at radius 3 is 2.83 bits per heavy atom. The summed E-state index contributed by atoms with van der Waals surface area (Å²) < 4.78 is 5.68. The highest BCUT2D eigenvalue weighted by molar-refractivity contribution is 7.80. The van der Waals surface area contributed by atoms with Crippen LogP contribution in [0.25, 0.3) is 0 Å². The van der Waals surface area contributed by atoms with Gasteiger partial charge in [-0.25, -0.2) is 0 Å². The van der Waals surface area contributed by atoms with Crippen molar-refractivity contribution in [1.82, 2.24) is 4.90 Å². The molecule has 1 aliphatic heterocycles. The van der Waals surface area contributed by atoms with Gasteiger partial charge < -0.3 is 10.5 Å². The molecule has 3 atom stereocenters. The number of nitrogens with two attached hydrogens (primary N) is 1. The fraction of sp³-hybridized carbons (Fsp3) is 0.929. The summed E-state index contributed by atoms with van der Waals surface area (Å²) in [4.78, 5) is 3.10. The van der Waals surface area contributed by atoms with Gasteiger partial charge in [0.2, 0.25) is 0 Å². The Balaban J connectivity index is 1.75. The molecule has 2 aliphatic rings. The number of fused-ring (bicyclic) bond motifs is 1. The van der Waals surface area contributed by atoms with Gasteiger partial charge in [-0.05, 0) is 45.1 Å². The van der Waals surface area contributed by atoms with Crippen LogP contribution in [0.4, 0.5) is 0 Å². The number of nitrogens with zero attached hydrogens (tertiary/aromatic N) is 1. The van der Waals surface area contributed by atoms with Crippen molar-refractivity contribution in [1.29, 1.82) is 0 Å². The van der Waals surface area contributed by atoms with Gasteiger partial charge >= 0.3 is 0 Å². The third-order valence-corrected chi connectivity index (χ3v) is 4.84. The number of ether oxygens (including phenoxy) is 1. The zero-order valence-electron chi connectivity index (χ0n) is 11.4. The van der Waals surface area contributed by atoms with Crippen LogP contribution >= 0.6 is 12.2 Å². The second-order valence-corrected chi connectivity index (χ2v) is 6.18. The lowest BCUT2D eigenvalue weighted by atomic mass is 9.78. The Labute approximate surface area is 116 Å². The van der Waals surface area contributed by atoms with Gasteiger partial charge in [0.15, 0.2) is 0 Å². The first kappa shape index (κ1) is 14.2. The van der Waals surface area contributed by atoms with Crippen LogP contribution < -0.4 is 5.73 Å². The lowest BCUT2D eigenvalue weighted by Crippen LogP contribution is -2.48. The zero-order chi connectivity index (χ0) is 13.0. The standard InChI is InChI=1S/C14H26N2OS/c1-11(14(15)18)17-10-9-16-8-4-6-12-5-2-3-7-13(12)16/h11-13H,2-10H2,1H3,(H2,15,18). The maximum Gasteiger partial charge on any atom is 0.104 e. The van der Waals surface area contributed by atoms with Crippen molar-refractivity contribution in [3.8, 4) is 0 Å². The summed E-state index contributed by atoms with van der Waals surface area (Å²) in [6, 6.07) is 0.816. The minimum atomic E-state index is -0.0908. The predicted octanol–water partition coefficient (Wildman–Crippen LogP) is 2.33. The molecule has 2 rings (SSSR count). The molecule has 18 heavy (non-hydrogen) atoms. The first-order valence-electron chi connectivity index (χ1n) is 7.33. The van der Waals surface area contributed by atoms with Gasteiger partial charge in [-0.1, -0.05) is 25.1 Å². The molecule has 1 heterocycles. The third-order valence-electron chi connectivity index (χ3n) is 4.51. The van der Waals surface area contributed by atoms with Gasteiger partial charge in [0, 0.05) is 12.6 Å². The van der Waals surface area contributed by atoms with Crippen LogP contribution in [0.2, 0.25) is 0 Å². The highest BCUT2D eigenvalue weighted by Crippen LogP contribution is 2.34. The monoisotopic (exact) mass is 270 g/mol. The van der Waals surface area contributed by atoms with E-state index in [0.717, 1.165) is 25.1 Å². The van der Waals surface area contributed by atoms with E-state index in [1.54, 1.807) is 0 Å². The number of hydrogen-bond donors (Lipinski definition) is 1. The highest BCUT2D eigenvalue weighted by atomic mass is 32.1. The van der Waals surface area contributed by atoms with E-state index >= 15 is 0 Å². The molecule has 104 valence electrons. The van der Waals surface area contributed by atoms with Gasteiger partial charge in [-0.3, -0.25) is 4.90 Å². The molecule has 0 amide bonds. The summed E-state index contributed by atoms with van der Waals surface area (Å²) in [5.74, 6) is 0.945. The topological polar surface area (TPSA) is 38.5 Å². The fourth-order valence-electron chi connectivity index (χ4n) is 3.43. The molecule has 4 heteroatoms. The summed E-state index contributed by atoms with van der Waals surface area (Å²) in [6.45, 7) is 4.96. The first-order chi connectivity index (χ1) is 8.68. The molecule has 0 radical (unpaired) electrons. The van der Waals surface area contributed by atoms with Crippen LogP contribution in [0.3, 0.4) is 0 Å². The Kier molecular flexibility index (Phi) is 5.39. The average molecular weight is 270 g/mol. The summed E-state index contributed by atoms with van der Waals surface area (Å²) in [7, 11) is 0. The molecule has 0 aromatic rings. The van der Waals surface area contributed by atoms with Crippen molar-refractivity contribution in [2.24, 2.45) is 11.7 Å². The molecule has 1 saturated carbocycles. The summed E-state index contributed by atoms with van der Waals surface area (Å²) in [5, 5.41) is 0. The summed E-state index contributed by atoms with van der Waals surface area (Å²) in [6.07, 6.45) is 8.36. The van der Waals surface area contributed by atoms with Crippen molar-refractivity contribution < 1.29 is 4.74 Å². The minimum Gasteiger partial charge on any atom is -0.391 e. The highest BCUT2D eigenvalue weighted by Gasteiger charge is 2.32. The lowest BCUT2D eigenvalue weighted by Gasteiger charge is -2.44. The van der Waals surface area contributed by atoms with Crippen molar-refractivity contribution in [2.45, 2.75) is 57.6 Å². The van der Waals surface area contributed by atoms with E-state index in [1.165, 1.54) is 45.1 Å². The Bertz CT molecular complexity index is 283. The Hall–Kier alpha value is -0.190.